The fraction of sp³-hybridized carbons (Fsp3) is 0.696. The van der Waals surface area contributed by atoms with Crippen molar-refractivity contribution in [3.63, 3.8) is 0 Å². The van der Waals surface area contributed by atoms with Gasteiger partial charge >= 0.3 is 0 Å². The maximum atomic E-state index is 12.8. The topological polar surface area (TPSA) is 48.0 Å². The summed E-state index contributed by atoms with van der Waals surface area (Å²) in [7, 11) is 5.77. The number of likely N-dealkylation sites (tertiary alicyclic amines) is 1. The number of rotatable bonds is 3. The van der Waals surface area contributed by atoms with Gasteiger partial charge in [0.2, 0.25) is 0 Å². The zero-order valence-corrected chi connectivity index (χ0v) is 17.2. The van der Waals surface area contributed by atoms with E-state index in [2.05, 4.69) is 24.1 Å². The minimum atomic E-state index is -0.535. The van der Waals surface area contributed by atoms with Crippen molar-refractivity contribution in [2.75, 3.05) is 27.8 Å². The van der Waals surface area contributed by atoms with E-state index < -0.39 is 5.60 Å². The molecule has 2 aliphatic heterocycles. The van der Waals surface area contributed by atoms with E-state index in [9.17, 15) is 4.79 Å². The van der Waals surface area contributed by atoms with Gasteiger partial charge in [-0.3, -0.25) is 4.79 Å². The van der Waals surface area contributed by atoms with Crippen molar-refractivity contribution in [2.45, 2.75) is 62.2 Å². The van der Waals surface area contributed by atoms with Crippen molar-refractivity contribution < 1.29 is 19.0 Å². The number of carbonyl (C=O) groups is 1. The number of Topliss-reactive ketones (excluding diaryl/α,β-unsaturated/α-hetero) is 1. The summed E-state index contributed by atoms with van der Waals surface area (Å²) in [4.78, 5) is 15.4. The molecule has 1 aromatic carbocycles. The number of hydrogen-bond acceptors (Lipinski definition) is 5. The molecule has 1 saturated heterocycles. The van der Waals surface area contributed by atoms with E-state index in [1.807, 2.05) is 0 Å². The first kappa shape index (κ1) is 17.3. The van der Waals surface area contributed by atoms with E-state index in [1.165, 1.54) is 11.1 Å². The Morgan fingerprint density at radius 1 is 1.25 bits per heavy atom. The van der Waals surface area contributed by atoms with E-state index in [4.69, 9.17) is 14.2 Å². The number of nitrogens with zero attached hydrogens (tertiary/aromatic N) is 1. The minimum Gasteiger partial charge on any atom is -0.493 e. The molecule has 4 bridgehead atoms. The number of likely N-dealkylation sites (N-methyl/N-ethyl adjacent to an activating group) is 1. The third kappa shape index (κ3) is 1.53. The summed E-state index contributed by atoms with van der Waals surface area (Å²) < 4.78 is 18.8. The molecule has 2 heterocycles. The second kappa shape index (κ2) is 5.11. The van der Waals surface area contributed by atoms with Gasteiger partial charge in [-0.25, -0.2) is 0 Å². The molecule has 1 aromatic rings. The molecule has 6 aliphatic rings. The molecule has 3 saturated carbocycles. The Balaban J connectivity index is 1.69. The van der Waals surface area contributed by atoms with Gasteiger partial charge in [0.05, 0.1) is 13.0 Å². The van der Waals surface area contributed by atoms with Crippen LogP contribution >= 0.6 is 0 Å². The van der Waals surface area contributed by atoms with E-state index in [0.29, 0.717) is 6.04 Å². The Bertz CT molecular complexity index is 899. The van der Waals surface area contributed by atoms with Crippen LogP contribution in [0.2, 0.25) is 0 Å². The average Bonchev–Trinajstić information content (AvgIpc) is 3.07. The summed E-state index contributed by atoms with van der Waals surface area (Å²) in [6, 6.07) is 4.75. The first-order valence-electron chi connectivity index (χ1n) is 10.6. The van der Waals surface area contributed by atoms with Crippen LogP contribution in [-0.2, 0) is 21.4 Å². The lowest BCUT2D eigenvalue weighted by Gasteiger charge is -2.73. The zero-order valence-electron chi connectivity index (χ0n) is 17.2. The maximum absolute atomic E-state index is 12.8. The maximum Gasteiger partial charge on any atom is 0.165 e. The lowest BCUT2D eigenvalue weighted by atomic mass is 9.34. The third-order valence-corrected chi connectivity index (χ3v) is 9.32. The van der Waals surface area contributed by atoms with Gasteiger partial charge in [-0.1, -0.05) is 6.07 Å². The normalized spacial score (nSPS) is 44.8. The number of carbonyl (C=O) groups excluding carboxylic acids is 1. The highest BCUT2D eigenvalue weighted by molar-refractivity contribution is 5.81. The molecule has 7 rings (SSSR count). The van der Waals surface area contributed by atoms with Crippen LogP contribution < -0.4 is 9.47 Å². The smallest absolute Gasteiger partial charge is 0.165 e. The summed E-state index contributed by atoms with van der Waals surface area (Å²) >= 11 is 0. The van der Waals surface area contributed by atoms with Crippen molar-refractivity contribution in [1.29, 1.82) is 0 Å². The van der Waals surface area contributed by atoms with E-state index >= 15 is 0 Å². The molecule has 5 nitrogen and oxygen atoms in total. The molecule has 0 aromatic heterocycles. The number of hydrogen-bond donors (Lipinski definition) is 0. The largest absolute Gasteiger partial charge is 0.493 e. The van der Waals surface area contributed by atoms with Crippen LogP contribution in [-0.4, -0.2) is 56.2 Å². The molecule has 0 amide bonds. The van der Waals surface area contributed by atoms with Crippen molar-refractivity contribution in [3.05, 3.63) is 23.3 Å². The van der Waals surface area contributed by atoms with Gasteiger partial charge in [-0.2, -0.15) is 0 Å². The highest BCUT2D eigenvalue weighted by Crippen LogP contribution is 2.76. The van der Waals surface area contributed by atoms with E-state index in [0.717, 1.165) is 50.1 Å². The molecule has 150 valence electrons. The number of fused-ring (bicyclic) bond motifs is 2. The van der Waals surface area contributed by atoms with Gasteiger partial charge in [-0.05, 0) is 64.3 Å². The Morgan fingerprint density at radius 2 is 2.07 bits per heavy atom. The SMILES string of the molecule is COc1ccc2c3c1O[C@H]1[C@@]4(OC)CC[C@@]5(C[C@H]4C(C)=O)[C@@H](C2)N(C)CC[C@@]315. The summed E-state index contributed by atoms with van der Waals surface area (Å²) in [6.07, 6.45) is 4.91. The van der Waals surface area contributed by atoms with Crippen molar-refractivity contribution in [3.8, 4) is 11.5 Å². The number of benzene rings is 1. The average molecular weight is 383 g/mol. The van der Waals surface area contributed by atoms with Gasteiger partial charge in [0.15, 0.2) is 11.5 Å². The molecular formula is C23H29NO4. The molecule has 0 radical (unpaired) electrons. The third-order valence-electron chi connectivity index (χ3n) is 9.32. The predicted molar refractivity (Wildman–Crippen MR) is 104 cm³/mol. The van der Waals surface area contributed by atoms with Gasteiger partial charge in [-0.15, -0.1) is 0 Å². The Hall–Kier alpha value is -1.59. The molecule has 0 N–H and O–H groups in total. The quantitative estimate of drug-likeness (QED) is 0.803. The van der Waals surface area contributed by atoms with Crippen molar-refractivity contribution in [1.82, 2.24) is 4.90 Å². The number of ether oxygens (including phenoxy) is 3. The summed E-state index contributed by atoms with van der Waals surface area (Å²) in [5.74, 6) is 1.89. The second-order valence-electron chi connectivity index (χ2n) is 9.73. The fourth-order valence-electron chi connectivity index (χ4n) is 8.30. The molecule has 4 aliphatic carbocycles. The van der Waals surface area contributed by atoms with Gasteiger partial charge < -0.3 is 19.1 Å². The molecule has 0 unspecified atom stereocenters. The second-order valence-corrected chi connectivity index (χ2v) is 9.73. The lowest BCUT2D eigenvalue weighted by Crippen LogP contribution is -2.81. The standard InChI is InChI=1S/C23H29NO4/c1-13(25)15-12-21-7-8-23(15,27-4)20-22(21)9-10-24(2)17(21)11-14-5-6-16(26-3)19(28-20)18(14)22/h5-6,15,17,20H,7-12H2,1-4H3/t15-,17+,20+,21+,22+,23+/m0/s1. The van der Waals surface area contributed by atoms with Crippen LogP contribution in [0, 0.1) is 11.3 Å². The number of piperidine rings is 1. The minimum absolute atomic E-state index is 0.0676. The fourth-order valence-corrected chi connectivity index (χ4v) is 8.30. The number of methoxy groups -OCH3 is 2. The van der Waals surface area contributed by atoms with Gasteiger partial charge in [0.1, 0.15) is 17.5 Å². The molecular weight excluding hydrogens is 354 g/mol. The highest BCUT2D eigenvalue weighted by atomic mass is 16.6. The van der Waals surface area contributed by atoms with Crippen LogP contribution in [0.5, 0.6) is 11.5 Å². The van der Waals surface area contributed by atoms with E-state index in [1.54, 1.807) is 21.1 Å². The first-order chi connectivity index (χ1) is 13.4. The highest BCUT2D eigenvalue weighted by Gasteiger charge is 2.80. The van der Waals surface area contributed by atoms with Crippen molar-refractivity contribution in [2.24, 2.45) is 11.3 Å². The molecule has 6 atom stereocenters. The summed E-state index contributed by atoms with van der Waals surface area (Å²) in [6.45, 7) is 2.80. The van der Waals surface area contributed by atoms with Crippen LogP contribution in [0.3, 0.4) is 0 Å². The van der Waals surface area contributed by atoms with Crippen LogP contribution in [0.25, 0.3) is 0 Å². The molecule has 28 heavy (non-hydrogen) atoms. The Labute approximate surface area is 166 Å². The van der Waals surface area contributed by atoms with Gasteiger partial charge in [0, 0.05) is 29.5 Å². The Kier molecular flexibility index (Phi) is 3.16. The predicted octanol–water partition coefficient (Wildman–Crippen LogP) is 2.73. The van der Waals surface area contributed by atoms with Gasteiger partial charge in [0.25, 0.3) is 0 Å². The van der Waals surface area contributed by atoms with E-state index in [-0.39, 0.29) is 28.6 Å². The number of ketones is 1. The molecule has 5 heteroatoms. The Morgan fingerprint density at radius 3 is 2.79 bits per heavy atom. The summed E-state index contributed by atoms with van der Waals surface area (Å²) in [5, 5.41) is 0. The van der Waals surface area contributed by atoms with Crippen LogP contribution in [0.1, 0.15) is 43.7 Å². The lowest BCUT2D eigenvalue weighted by molar-refractivity contribution is -0.270. The van der Waals surface area contributed by atoms with Crippen molar-refractivity contribution >= 4 is 5.78 Å². The monoisotopic (exact) mass is 383 g/mol. The zero-order chi connectivity index (χ0) is 19.5. The molecule has 4 fully saturated rings. The first-order valence-corrected chi connectivity index (χ1v) is 10.6. The van der Waals surface area contributed by atoms with Crippen LogP contribution in [0.15, 0.2) is 12.1 Å². The van der Waals surface area contributed by atoms with Crippen LogP contribution in [0.4, 0.5) is 0 Å². The molecule has 2 spiro atoms. The summed E-state index contributed by atoms with van der Waals surface area (Å²) in [5.41, 5.74) is 2.25.